The highest BCUT2D eigenvalue weighted by molar-refractivity contribution is 5.36. The van der Waals surface area contributed by atoms with Crippen LogP contribution >= 0.6 is 0 Å². The summed E-state index contributed by atoms with van der Waals surface area (Å²) in [5, 5.41) is 0. The molecule has 3 nitrogen and oxygen atoms in total. The molecule has 1 unspecified atom stereocenters. The van der Waals surface area contributed by atoms with Crippen molar-refractivity contribution in [3.63, 3.8) is 0 Å². The lowest BCUT2D eigenvalue weighted by atomic mass is 10.0. The van der Waals surface area contributed by atoms with Crippen molar-refractivity contribution in [2.45, 2.75) is 52.1 Å². The molecule has 1 aromatic rings. The first-order valence-corrected chi connectivity index (χ1v) is 9.33. The Bertz CT molecular complexity index is 494. The van der Waals surface area contributed by atoms with Crippen LogP contribution in [0.15, 0.2) is 18.2 Å². The van der Waals surface area contributed by atoms with Gasteiger partial charge >= 0.3 is 0 Å². The lowest BCUT2D eigenvalue weighted by Crippen LogP contribution is -2.38. The molecule has 128 valence electrons. The van der Waals surface area contributed by atoms with Gasteiger partial charge in [0.1, 0.15) is 5.75 Å². The summed E-state index contributed by atoms with van der Waals surface area (Å²) in [7, 11) is 0. The van der Waals surface area contributed by atoms with Gasteiger partial charge in [-0.15, -0.1) is 0 Å². The van der Waals surface area contributed by atoms with Crippen LogP contribution in [0.1, 0.15) is 56.3 Å². The van der Waals surface area contributed by atoms with Crippen LogP contribution in [0, 0.1) is 12.8 Å². The van der Waals surface area contributed by atoms with E-state index in [1.165, 1.54) is 49.8 Å². The zero-order valence-electron chi connectivity index (χ0n) is 14.7. The Morgan fingerprint density at radius 3 is 2.83 bits per heavy atom. The van der Waals surface area contributed by atoms with E-state index in [2.05, 4.69) is 36.9 Å². The maximum absolute atomic E-state index is 6.02. The fraction of sp³-hybridized carbons (Fsp3) is 0.700. The van der Waals surface area contributed by atoms with Crippen molar-refractivity contribution < 1.29 is 9.47 Å². The van der Waals surface area contributed by atoms with Crippen LogP contribution in [0.3, 0.4) is 0 Å². The van der Waals surface area contributed by atoms with E-state index in [0.29, 0.717) is 0 Å². The van der Waals surface area contributed by atoms with Crippen LogP contribution in [0.2, 0.25) is 0 Å². The first-order valence-electron chi connectivity index (χ1n) is 9.33. The summed E-state index contributed by atoms with van der Waals surface area (Å²) in [4.78, 5) is 2.51. The van der Waals surface area contributed by atoms with Gasteiger partial charge in [0.15, 0.2) is 0 Å². The van der Waals surface area contributed by atoms with Crippen LogP contribution in [0.4, 0.5) is 0 Å². The molecular weight excluding hydrogens is 286 g/mol. The van der Waals surface area contributed by atoms with Crippen molar-refractivity contribution in [3.05, 3.63) is 29.3 Å². The minimum absolute atomic E-state index is 0.208. The Kier molecular flexibility index (Phi) is 5.96. The van der Waals surface area contributed by atoms with Gasteiger partial charge in [-0.05, 0) is 61.9 Å². The smallest absolute Gasteiger partial charge is 0.119 e. The third-order valence-electron chi connectivity index (χ3n) is 5.24. The summed E-state index contributed by atoms with van der Waals surface area (Å²) in [5.41, 5.74) is 2.61. The van der Waals surface area contributed by atoms with E-state index in [4.69, 9.17) is 9.47 Å². The van der Waals surface area contributed by atoms with Crippen LogP contribution in [0.25, 0.3) is 0 Å². The van der Waals surface area contributed by atoms with Crippen molar-refractivity contribution >= 4 is 0 Å². The summed E-state index contributed by atoms with van der Waals surface area (Å²) in [6, 6.07) is 6.52. The lowest BCUT2D eigenvalue weighted by molar-refractivity contribution is -0.0301. The summed E-state index contributed by atoms with van der Waals surface area (Å²) >= 11 is 0. The second kappa shape index (κ2) is 8.16. The number of ether oxygens (including phenoxy) is 2. The molecule has 0 amide bonds. The predicted octanol–water partition coefficient (Wildman–Crippen LogP) is 4.35. The van der Waals surface area contributed by atoms with E-state index in [0.717, 1.165) is 38.0 Å². The monoisotopic (exact) mass is 317 g/mol. The average Bonchev–Trinajstić information content (AvgIpc) is 3.07. The second-order valence-corrected chi connectivity index (χ2v) is 7.14. The summed E-state index contributed by atoms with van der Waals surface area (Å²) in [6.45, 7) is 9.38. The van der Waals surface area contributed by atoms with Crippen LogP contribution < -0.4 is 4.74 Å². The molecular formula is C20H31NO2. The molecule has 2 aliphatic rings. The molecule has 1 saturated heterocycles. The Hall–Kier alpha value is -1.06. The number of benzene rings is 1. The molecule has 3 rings (SSSR count). The topological polar surface area (TPSA) is 21.7 Å². The van der Waals surface area contributed by atoms with Gasteiger partial charge in [-0.3, -0.25) is 4.90 Å². The third-order valence-corrected chi connectivity index (χ3v) is 5.24. The molecule has 0 bridgehead atoms. The van der Waals surface area contributed by atoms with Gasteiger partial charge in [0.2, 0.25) is 0 Å². The first-order chi connectivity index (χ1) is 11.3. The first kappa shape index (κ1) is 16.8. The Morgan fingerprint density at radius 1 is 1.26 bits per heavy atom. The van der Waals surface area contributed by atoms with E-state index in [1.807, 2.05) is 0 Å². The molecule has 1 aliphatic heterocycles. The van der Waals surface area contributed by atoms with Gasteiger partial charge in [0, 0.05) is 13.1 Å². The van der Waals surface area contributed by atoms with E-state index in [-0.39, 0.29) is 6.10 Å². The normalized spacial score (nSPS) is 23.3. The van der Waals surface area contributed by atoms with Gasteiger partial charge in [-0.2, -0.15) is 0 Å². The number of rotatable bonds is 6. The molecule has 1 saturated carbocycles. The Morgan fingerprint density at radius 2 is 2.09 bits per heavy atom. The molecule has 1 aliphatic carbocycles. The van der Waals surface area contributed by atoms with Gasteiger partial charge in [-0.25, -0.2) is 0 Å². The number of hydrogen-bond donors (Lipinski definition) is 0. The van der Waals surface area contributed by atoms with Crippen molar-refractivity contribution in [1.29, 1.82) is 0 Å². The van der Waals surface area contributed by atoms with Gasteiger partial charge < -0.3 is 9.47 Å². The second-order valence-electron chi connectivity index (χ2n) is 7.14. The van der Waals surface area contributed by atoms with Crippen molar-refractivity contribution in [2.24, 2.45) is 5.92 Å². The van der Waals surface area contributed by atoms with E-state index in [1.54, 1.807) is 0 Å². The molecule has 0 spiro atoms. The summed E-state index contributed by atoms with van der Waals surface area (Å²) < 4.78 is 12.0. The SMILES string of the molecule is CCCN1CCOC(c2ccc(OCC3CCCC3)cc2C)C1. The fourth-order valence-corrected chi connectivity index (χ4v) is 3.90. The molecule has 0 N–H and O–H groups in total. The molecule has 3 heteroatoms. The van der Waals surface area contributed by atoms with E-state index < -0.39 is 0 Å². The zero-order valence-corrected chi connectivity index (χ0v) is 14.7. The highest BCUT2D eigenvalue weighted by atomic mass is 16.5. The highest BCUT2D eigenvalue weighted by Crippen LogP contribution is 2.29. The third kappa shape index (κ3) is 4.48. The van der Waals surface area contributed by atoms with Crippen molar-refractivity contribution in [1.82, 2.24) is 4.90 Å². The van der Waals surface area contributed by atoms with Crippen LogP contribution in [0.5, 0.6) is 5.75 Å². The standard InChI is InChI=1S/C20H31NO2/c1-3-10-21-11-12-22-20(14-21)19-9-8-18(13-16(19)2)23-15-17-6-4-5-7-17/h8-9,13,17,20H,3-7,10-12,14-15H2,1-2H3. The fourth-order valence-electron chi connectivity index (χ4n) is 3.90. The molecule has 1 heterocycles. The lowest BCUT2D eigenvalue weighted by Gasteiger charge is -2.33. The maximum Gasteiger partial charge on any atom is 0.119 e. The Labute approximate surface area is 141 Å². The molecule has 2 fully saturated rings. The van der Waals surface area contributed by atoms with Gasteiger partial charge in [0.05, 0.1) is 19.3 Å². The van der Waals surface area contributed by atoms with Gasteiger partial charge in [-0.1, -0.05) is 25.8 Å². The number of morpholine rings is 1. The zero-order chi connectivity index (χ0) is 16.1. The van der Waals surface area contributed by atoms with Crippen LogP contribution in [-0.2, 0) is 4.74 Å². The number of aryl methyl sites for hydroxylation is 1. The number of hydrogen-bond acceptors (Lipinski definition) is 3. The largest absolute Gasteiger partial charge is 0.493 e. The van der Waals surface area contributed by atoms with E-state index >= 15 is 0 Å². The van der Waals surface area contributed by atoms with Crippen LogP contribution in [-0.4, -0.2) is 37.7 Å². The minimum atomic E-state index is 0.208. The average molecular weight is 317 g/mol. The highest BCUT2D eigenvalue weighted by Gasteiger charge is 2.23. The quantitative estimate of drug-likeness (QED) is 0.778. The van der Waals surface area contributed by atoms with Crippen molar-refractivity contribution in [3.8, 4) is 5.75 Å². The summed E-state index contributed by atoms with van der Waals surface area (Å²) in [6.07, 6.45) is 6.83. The molecule has 0 radical (unpaired) electrons. The molecule has 23 heavy (non-hydrogen) atoms. The predicted molar refractivity (Wildman–Crippen MR) is 94.1 cm³/mol. The molecule has 0 aromatic heterocycles. The van der Waals surface area contributed by atoms with E-state index in [9.17, 15) is 0 Å². The van der Waals surface area contributed by atoms with Crippen molar-refractivity contribution in [2.75, 3.05) is 32.8 Å². The number of nitrogens with zero attached hydrogens (tertiary/aromatic N) is 1. The maximum atomic E-state index is 6.02. The van der Waals surface area contributed by atoms with Gasteiger partial charge in [0.25, 0.3) is 0 Å². The minimum Gasteiger partial charge on any atom is -0.493 e. The molecule has 1 atom stereocenters. The Balaban J connectivity index is 1.59. The molecule has 1 aromatic carbocycles. The summed E-state index contributed by atoms with van der Waals surface area (Å²) in [5.74, 6) is 1.78.